The molecule has 2 nitrogen and oxygen atoms in total. The Bertz CT molecular complexity index is 231. The maximum Gasteiger partial charge on any atom is 0.0639 e. The van der Waals surface area contributed by atoms with Gasteiger partial charge >= 0.3 is 0 Å². The van der Waals surface area contributed by atoms with Gasteiger partial charge in [-0.25, -0.2) is 0 Å². The van der Waals surface area contributed by atoms with Gasteiger partial charge in [0, 0.05) is 11.8 Å². The van der Waals surface area contributed by atoms with Gasteiger partial charge in [-0.2, -0.15) is 11.8 Å². The molecule has 2 heterocycles. The zero-order valence-electron chi connectivity index (χ0n) is 14.8. The highest BCUT2D eigenvalue weighted by atomic mass is 35.5. The molecular formula is C18H38ClNOS. The molecule has 2 aliphatic rings. The van der Waals surface area contributed by atoms with Crippen molar-refractivity contribution in [2.75, 3.05) is 25.4 Å². The van der Waals surface area contributed by atoms with Crippen LogP contribution in [0.3, 0.4) is 0 Å². The number of unbranched alkanes of at least 4 members (excludes halogenated alkanes) is 4. The van der Waals surface area contributed by atoms with E-state index in [1.807, 2.05) is 6.92 Å². The number of β-amino-alcohol motifs (C(OH)–C–C–N with tert-alkyl or cyclic N) is 1. The van der Waals surface area contributed by atoms with E-state index in [1.165, 1.54) is 83.1 Å². The quantitative estimate of drug-likeness (QED) is 0.613. The second-order valence-corrected chi connectivity index (χ2v) is 8.10. The third-order valence-corrected chi connectivity index (χ3v) is 5.81. The molecule has 0 aliphatic carbocycles. The molecule has 1 N–H and O–H groups in total. The number of rotatable bonds is 8. The molecule has 2 aliphatic heterocycles. The number of piperidine rings is 1. The molecular weight excluding hydrogens is 314 g/mol. The van der Waals surface area contributed by atoms with Gasteiger partial charge < -0.3 is 10.0 Å². The zero-order chi connectivity index (χ0) is 15.3. The number of aliphatic hydroxyl groups is 1. The first kappa shape index (κ1) is 22.6. The van der Waals surface area contributed by atoms with Gasteiger partial charge in [0.25, 0.3) is 0 Å². The smallest absolute Gasteiger partial charge is 0.0639 e. The van der Waals surface area contributed by atoms with Crippen LogP contribution in [-0.2, 0) is 0 Å². The minimum atomic E-state index is -0.155. The van der Waals surface area contributed by atoms with Crippen LogP contribution in [-0.4, -0.2) is 46.7 Å². The Labute approximate surface area is 149 Å². The monoisotopic (exact) mass is 351 g/mol. The van der Waals surface area contributed by atoms with E-state index in [0.29, 0.717) is 0 Å². The number of likely N-dealkylation sites (tertiary alicyclic amines) is 1. The van der Waals surface area contributed by atoms with Crippen molar-refractivity contribution in [3.8, 4) is 0 Å². The van der Waals surface area contributed by atoms with Crippen LogP contribution in [0.25, 0.3) is 0 Å². The molecule has 2 unspecified atom stereocenters. The highest BCUT2D eigenvalue weighted by molar-refractivity contribution is 8.01. The van der Waals surface area contributed by atoms with Gasteiger partial charge in [0.1, 0.15) is 0 Å². The molecule has 2 atom stereocenters. The second kappa shape index (κ2) is 15.1. The van der Waals surface area contributed by atoms with E-state index in [1.54, 1.807) is 0 Å². The van der Waals surface area contributed by atoms with E-state index in [-0.39, 0.29) is 18.5 Å². The van der Waals surface area contributed by atoms with Crippen molar-refractivity contribution < 1.29 is 5.11 Å². The second-order valence-electron chi connectivity index (χ2n) is 6.69. The lowest BCUT2D eigenvalue weighted by atomic mass is 10.1. The number of halogens is 1. The van der Waals surface area contributed by atoms with Crippen LogP contribution in [0.1, 0.15) is 78.1 Å². The SMILES string of the molecule is CC(O)CN1CCCCC1.CCCCCCCC1CCS1.Cl. The number of thioether (sulfide) groups is 1. The van der Waals surface area contributed by atoms with Gasteiger partial charge in [-0.15, -0.1) is 12.4 Å². The summed E-state index contributed by atoms with van der Waals surface area (Å²) in [6, 6.07) is 0. The van der Waals surface area contributed by atoms with Gasteiger partial charge in [0.15, 0.2) is 0 Å². The first-order valence-corrected chi connectivity index (χ1v) is 10.3. The van der Waals surface area contributed by atoms with Crippen molar-refractivity contribution in [3.05, 3.63) is 0 Å². The van der Waals surface area contributed by atoms with E-state index in [4.69, 9.17) is 5.11 Å². The van der Waals surface area contributed by atoms with Crippen molar-refractivity contribution in [1.82, 2.24) is 4.90 Å². The van der Waals surface area contributed by atoms with Gasteiger partial charge in [-0.1, -0.05) is 45.4 Å². The molecule has 0 amide bonds. The summed E-state index contributed by atoms with van der Waals surface area (Å²) in [5.74, 6) is 1.43. The summed E-state index contributed by atoms with van der Waals surface area (Å²) in [5.41, 5.74) is 0. The summed E-state index contributed by atoms with van der Waals surface area (Å²) in [6.07, 6.45) is 14.1. The first-order chi connectivity index (χ1) is 10.2. The molecule has 22 heavy (non-hydrogen) atoms. The lowest BCUT2D eigenvalue weighted by Gasteiger charge is -2.27. The molecule has 4 heteroatoms. The largest absolute Gasteiger partial charge is 0.392 e. The summed E-state index contributed by atoms with van der Waals surface area (Å²) in [5, 5.41) is 10.1. The molecule has 2 rings (SSSR count). The summed E-state index contributed by atoms with van der Waals surface area (Å²) >= 11 is 2.17. The molecule has 0 spiro atoms. The topological polar surface area (TPSA) is 23.5 Å². The molecule has 0 radical (unpaired) electrons. The molecule has 0 aromatic heterocycles. The van der Waals surface area contributed by atoms with Gasteiger partial charge in [-0.05, 0) is 51.4 Å². The summed E-state index contributed by atoms with van der Waals surface area (Å²) in [7, 11) is 0. The Balaban J connectivity index is 0.000000385. The fraction of sp³-hybridized carbons (Fsp3) is 1.00. The van der Waals surface area contributed by atoms with E-state index in [0.717, 1.165) is 11.8 Å². The van der Waals surface area contributed by atoms with Crippen LogP contribution in [0.5, 0.6) is 0 Å². The summed E-state index contributed by atoms with van der Waals surface area (Å²) < 4.78 is 0. The van der Waals surface area contributed by atoms with E-state index in [2.05, 4.69) is 23.6 Å². The third kappa shape index (κ3) is 12.0. The fourth-order valence-corrected chi connectivity index (χ4v) is 3.91. The Hall–Kier alpha value is 0.560. The number of hydrogen-bond acceptors (Lipinski definition) is 3. The average Bonchev–Trinajstić information content (AvgIpc) is 2.42. The number of nitrogens with zero attached hydrogens (tertiary/aromatic N) is 1. The maximum atomic E-state index is 9.06. The molecule has 2 saturated heterocycles. The zero-order valence-corrected chi connectivity index (χ0v) is 16.4. The molecule has 0 aromatic carbocycles. The minimum absolute atomic E-state index is 0. The van der Waals surface area contributed by atoms with Crippen LogP contribution in [0.2, 0.25) is 0 Å². The lowest BCUT2D eigenvalue weighted by Crippen LogP contribution is -2.35. The number of aliphatic hydroxyl groups excluding tert-OH is 1. The molecule has 0 aromatic rings. The van der Waals surface area contributed by atoms with Crippen molar-refractivity contribution in [3.63, 3.8) is 0 Å². The number of hydrogen-bond donors (Lipinski definition) is 1. The summed E-state index contributed by atoms with van der Waals surface area (Å²) in [4.78, 5) is 2.34. The van der Waals surface area contributed by atoms with Crippen molar-refractivity contribution in [2.45, 2.75) is 89.4 Å². The maximum absolute atomic E-state index is 9.06. The lowest BCUT2D eigenvalue weighted by molar-refractivity contribution is 0.114. The van der Waals surface area contributed by atoms with Crippen LogP contribution in [0, 0.1) is 0 Å². The van der Waals surface area contributed by atoms with E-state index in [9.17, 15) is 0 Å². The molecule has 134 valence electrons. The molecule has 0 saturated carbocycles. The predicted octanol–water partition coefficient (Wildman–Crippen LogP) is 5.13. The van der Waals surface area contributed by atoms with Crippen molar-refractivity contribution in [2.24, 2.45) is 0 Å². The van der Waals surface area contributed by atoms with Crippen LogP contribution in [0.15, 0.2) is 0 Å². The third-order valence-electron chi connectivity index (χ3n) is 4.39. The summed E-state index contributed by atoms with van der Waals surface area (Å²) in [6.45, 7) is 7.37. The Morgan fingerprint density at radius 2 is 1.73 bits per heavy atom. The van der Waals surface area contributed by atoms with Crippen molar-refractivity contribution in [1.29, 1.82) is 0 Å². The Morgan fingerprint density at radius 1 is 1.09 bits per heavy atom. The van der Waals surface area contributed by atoms with Gasteiger partial charge in [0.05, 0.1) is 6.10 Å². The fourth-order valence-electron chi connectivity index (χ4n) is 3.00. The van der Waals surface area contributed by atoms with Crippen molar-refractivity contribution >= 4 is 24.2 Å². The predicted molar refractivity (Wildman–Crippen MR) is 103 cm³/mol. The first-order valence-electron chi connectivity index (χ1n) is 9.24. The van der Waals surface area contributed by atoms with E-state index >= 15 is 0 Å². The van der Waals surface area contributed by atoms with E-state index < -0.39 is 0 Å². The standard InChI is InChI=1S/C10H20S.C8H17NO.ClH/c1-2-3-4-5-6-7-10-8-9-11-10;1-8(10)7-9-5-3-2-4-6-9;/h10H,2-9H2,1H3;8,10H,2-7H2,1H3;1H. The van der Waals surface area contributed by atoms with Crippen LogP contribution in [0.4, 0.5) is 0 Å². The van der Waals surface area contributed by atoms with Crippen LogP contribution >= 0.6 is 24.2 Å². The highest BCUT2D eigenvalue weighted by Gasteiger charge is 2.16. The Morgan fingerprint density at radius 3 is 2.23 bits per heavy atom. The average molecular weight is 352 g/mol. The van der Waals surface area contributed by atoms with Crippen LogP contribution < -0.4 is 0 Å². The molecule has 2 fully saturated rings. The highest BCUT2D eigenvalue weighted by Crippen LogP contribution is 2.31. The normalized spacial score (nSPS) is 22.8. The minimum Gasteiger partial charge on any atom is -0.392 e. The Kier molecular flexibility index (Phi) is 15.5. The molecule has 0 bridgehead atoms. The van der Waals surface area contributed by atoms with Gasteiger partial charge in [-0.3, -0.25) is 0 Å². The van der Waals surface area contributed by atoms with Gasteiger partial charge in [0.2, 0.25) is 0 Å².